The van der Waals surface area contributed by atoms with Crippen LogP contribution in [0.3, 0.4) is 0 Å². The van der Waals surface area contributed by atoms with Crippen molar-refractivity contribution in [3.05, 3.63) is 35.9 Å². The lowest BCUT2D eigenvalue weighted by Gasteiger charge is -2.22. The zero-order valence-electron chi connectivity index (χ0n) is 13.3. The van der Waals surface area contributed by atoms with Crippen molar-refractivity contribution in [2.45, 2.75) is 51.7 Å². The molecule has 0 amide bonds. The average Bonchev–Trinajstić information content (AvgIpc) is 2.43. The molecule has 0 aliphatic rings. The lowest BCUT2D eigenvalue weighted by molar-refractivity contribution is -0.146. The Morgan fingerprint density at radius 1 is 1.29 bits per heavy atom. The van der Waals surface area contributed by atoms with Gasteiger partial charge in [-0.3, -0.25) is 4.79 Å². The smallest absolute Gasteiger partial charge is 0.305 e. The maximum Gasteiger partial charge on any atom is 0.305 e. The summed E-state index contributed by atoms with van der Waals surface area (Å²) in [5.41, 5.74) is 1.17. The molecule has 0 aliphatic carbocycles. The van der Waals surface area contributed by atoms with Gasteiger partial charge in [0.2, 0.25) is 0 Å². The summed E-state index contributed by atoms with van der Waals surface area (Å²) in [6.07, 6.45) is 1.35. The number of carbonyl (C=O) groups is 1. The van der Waals surface area contributed by atoms with Crippen LogP contribution >= 0.6 is 0 Å². The summed E-state index contributed by atoms with van der Waals surface area (Å²) in [6, 6.07) is 10.1. The Kier molecular flexibility index (Phi) is 7.40. The molecule has 0 saturated carbocycles. The quantitative estimate of drug-likeness (QED) is 0.722. The molecule has 118 valence electrons. The molecular formula is C17H27NO3. The number of hydrogen-bond acceptors (Lipinski definition) is 4. The van der Waals surface area contributed by atoms with E-state index in [1.165, 1.54) is 5.56 Å². The maximum absolute atomic E-state index is 11.6. The molecule has 1 atom stereocenters. The van der Waals surface area contributed by atoms with Crippen LogP contribution in [0.5, 0.6) is 0 Å². The van der Waals surface area contributed by atoms with E-state index >= 15 is 0 Å². The van der Waals surface area contributed by atoms with Gasteiger partial charge in [-0.2, -0.15) is 0 Å². The van der Waals surface area contributed by atoms with Gasteiger partial charge in [0, 0.05) is 18.5 Å². The number of hydrogen-bond donors (Lipinski definition) is 2. The summed E-state index contributed by atoms with van der Waals surface area (Å²) < 4.78 is 5.08. The second-order valence-electron chi connectivity index (χ2n) is 6.31. The highest BCUT2D eigenvalue weighted by atomic mass is 16.5. The van der Waals surface area contributed by atoms with Crippen LogP contribution in [0.4, 0.5) is 0 Å². The molecule has 0 aliphatic heterocycles. The van der Waals surface area contributed by atoms with E-state index in [-0.39, 0.29) is 18.1 Å². The predicted octanol–water partition coefficient (Wildman–Crippen LogP) is 2.30. The summed E-state index contributed by atoms with van der Waals surface area (Å²) in [4.78, 5) is 11.6. The van der Waals surface area contributed by atoms with Crippen LogP contribution in [0.25, 0.3) is 0 Å². The maximum atomic E-state index is 11.6. The number of aryl methyl sites for hydroxylation is 1. The van der Waals surface area contributed by atoms with Crippen LogP contribution in [0.2, 0.25) is 0 Å². The van der Waals surface area contributed by atoms with Crippen LogP contribution in [0.1, 0.15) is 39.2 Å². The number of aliphatic hydroxyl groups excluding tert-OH is 1. The normalized spacial score (nSPS) is 13.0. The number of aliphatic hydroxyl groups is 1. The van der Waals surface area contributed by atoms with E-state index in [0.29, 0.717) is 13.0 Å². The second-order valence-corrected chi connectivity index (χ2v) is 6.31. The molecule has 0 saturated heterocycles. The van der Waals surface area contributed by atoms with Gasteiger partial charge in [-0.1, -0.05) is 30.3 Å². The molecular weight excluding hydrogens is 266 g/mol. The van der Waals surface area contributed by atoms with E-state index in [1.807, 2.05) is 51.1 Å². The van der Waals surface area contributed by atoms with Crippen LogP contribution in [0, 0.1) is 0 Å². The summed E-state index contributed by atoms with van der Waals surface area (Å²) >= 11 is 0. The first-order valence-electron chi connectivity index (χ1n) is 7.49. The van der Waals surface area contributed by atoms with Gasteiger partial charge >= 0.3 is 5.97 Å². The second kappa shape index (κ2) is 8.80. The molecule has 0 bridgehead atoms. The number of esters is 1. The fraction of sp³-hybridized carbons (Fsp3) is 0.588. The van der Waals surface area contributed by atoms with Gasteiger partial charge in [-0.25, -0.2) is 0 Å². The Balaban J connectivity index is 2.11. The third-order valence-corrected chi connectivity index (χ3v) is 2.99. The largest absolute Gasteiger partial charge is 0.463 e. The van der Waals surface area contributed by atoms with Crippen molar-refractivity contribution in [1.82, 2.24) is 5.32 Å². The lowest BCUT2D eigenvalue weighted by Crippen LogP contribution is -2.42. The van der Waals surface area contributed by atoms with Gasteiger partial charge in [-0.05, 0) is 39.2 Å². The lowest BCUT2D eigenvalue weighted by atomic mass is 10.1. The van der Waals surface area contributed by atoms with Crippen molar-refractivity contribution in [2.24, 2.45) is 0 Å². The van der Waals surface area contributed by atoms with E-state index in [0.717, 1.165) is 12.8 Å². The number of carbonyl (C=O) groups excluding carboxylic acids is 1. The first-order chi connectivity index (χ1) is 9.87. The number of rotatable bonds is 8. The minimum absolute atomic E-state index is 0.0489. The van der Waals surface area contributed by atoms with Crippen molar-refractivity contribution >= 4 is 5.97 Å². The molecule has 4 nitrogen and oxygen atoms in total. The average molecular weight is 293 g/mol. The van der Waals surface area contributed by atoms with Gasteiger partial charge in [0.05, 0.1) is 0 Å². The minimum Gasteiger partial charge on any atom is -0.463 e. The van der Waals surface area contributed by atoms with Gasteiger partial charge in [-0.15, -0.1) is 0 Å². The molecule has 1 aromatic rings. The highest BCUT2D eigenvalue weighted by molar-refractivity contribution is 5.69. The van der Waals surface area contributed by atoms with Gasteiger partial charge in [0.15, 0.2) is 0 Å². The number of ether oxygens (including phenoxy) is 1. The van der Waals surface area contributed by atoms with E-state index in [2.05, 4.69) is 5.32 Å². The van der Waals surface area contributed by atoms with Crippen molar-refractivity contribution in [3.8, 4) is 0 Å². The molecule has 0 fully saturated rings. The monoisotopic (exact) mass is 293 g/mol. The van der Waals surface area contributed by atoms with Crippen LogP contribution in [-0.2, 0) is 16.0 Å². The molecule has 1 rings (SSSR count). The van der Waals surface area contributed by atoms with Crippen molar-refractivity contribution < 1.29 is 14.6 Å². The standard InChI is InChI=1S/C17H27NO3/c1-17(2,3)18-12-15(19)13-21-16(20)11-7-10-14-8-5-4-6-9-14/h4-6,8-9,15,18-19H,7,10-13H2,1-3H3. The Bertz CT molecular complexity index is 412. The predicted molar refractivity (Wildman–Crippen MR) is 84.1 cm³/mol. The van der Waals surface area contributed by atoms with Gasteiger partial charge in [0.25, 0.3) is 0 Å². The number of β-amino-alcohol motifs (C(OH)–C–C–N with tert-alkyl or cyclic N) is 1. The molecule has 21 heavy (non-hydrogen) atoms. The summed E-state index contributed by atoms with van der Waals surface area (Å²) in [5.74, 6) is -0.249. The molecule has 1 unspecified atom stereocenters. The number of benzene rings is 1. The fourth-order valence-corrected chi connectivity index (χ4v) is 1.83. The zero-order chi connectivity index (χ0) is 15.7. The zero-order valence-corrected chi connectivity index (χ0v) is 13.3. The SMILES string of the molecule is CC(C)(C)NCC(O)COC(=O)CCCc1ccccc1. The molecule has 0 spiro atoms. The summed E-state index contributed by atoms with van der Waals surface area (Å²) in [7, 11) is 0. The van der Waals surface area contributed by atoms with E-state index in [9.17, 15) is 9.90 Å². The minimum atomic E-state index is -0.665. The molecule has 0 heterocycles. The third kappa shape index (κ3) is 9.21. The molecule has 0 aromatic heterocycles. The van der Waals surface area contributed by atoms with Crippen molar-refractivity contribution in [2.75, 3.05) is 13.2 Å². The Hall–Kier alpha value is -1.39. The fourth-order valence-electron chi connectivity index (χ4n) is 1.83. The summed E-state index contributed by atoms with van der Waals surface area (Å²) in [5, 5.41) is 12.9. The highest BCUT2D eigenvalue weighted by Crippen LogP contribution is 2.05. The Morgan fingerprint density at radius 2 is 1.95 bits per heavy atom. The molecule has 4 heteroatoms. The van der Waals surface area contributed by atoms with Crippen LogP contribution < -0.4 is 5.32 Å². The van der Waals surface area contributed by atoms with Crippen LogP contribution in [0.15, 0.2) is 30.3 Å². The van der Waals surface area contributed by atoms with Crippen LogP contribution in [-0.4, -0.2) is 35.9 Å². The Morgan fingerprint density at radius 3 is 2.57 bits per heavy atom. The molecule has 2 N–H and O–H groups in total. The van der Waals surface area contributed by atoms with E-state index in [4.69, 9.17) is 4.74 Å². The molecule has 0 radical (unpaired) electrons. The first kappa shape index (κ1) is 17.7. The van der Waals surface area contributed by atoms with E-state index in [1.54, 1.807) is 0 Å². The third-order valence-electron chi connectivity index (χ3n) is 2.99. The molecule has 1 aromatic carbocycles. The number of nitrogens with one attached hydrogen (secondary N) is 1. The van der Waals surface area contributed by atoms with Gasteiger partial charge < -0.3 is 15.2 Å². The summed E-state index contributed by atoms with van der Waals surface area (Å²) in [6.45, 7) is 6.54. The van der Waals surface area contributed by atoms with E-state index < -0.39 is 6.10 Å². The first-order valence-corrected chi connectivity index (χ1v) is 7.49. The van der Waals surface area contributed by atoms with Crippen molar-refractivity contribution in [1.29, 1.82) is 0 Å². The van der Waals surface area contributed by atoms with Gasteiger partial charge in [0.1, 0.15) is 12.7 Å². The topological polar surface area (TPSA) is 58.6 Å². The highest BCUT2D eigenvalue weighted by Gasteiger charge is 2.13. The Labute approximate surface area is 127 Å². The van der Waals surface area contributed by atoms with Crippen molar-refractivity contribution in [3.63, 3.8) is 0 Å².